The van der Waals surface area contributed by atoms with Crippen molar-refractivity contribution in [3.8, 4) is 0 Å². The minimum absolute atomic E-state index is 0.0198. The zero-order valence-electron chi connectivity index (χ0n) is 16.0. The summed E-state index contributed by atoms with van der Waals surface area (Å²) in [6, 6.07) is 16.2. The molecule has 3 aromatic rings. The Bertz CT molecular complexity index is 1230. The molecule has 5 nitrogen and oxygen atoms in total. The van der Waals surface area contributed by atoms with Crippen LogP contribution < -0.4 is 9.62 Å². The highest BCUT2D eigenvalue weighted by Crippen LogP contribution is 2.37. The standard InChI is InChI=1S/C22H18ClFN2O3S/c1-14-11-16-12-15(22(27)25-19-4-2-3-17(23)13-19)5-10-21(16)26(14)30(28,29)20-8-6-18(24)7-9-20/h2-10,12-14H,11H2,1H3,(H,25,27)/t14-/m0/s1. The zero-order valence-corrected chi connectivity index (χ0v) is 17.5. The van der Waals surface area contributed by atoms with Gasteiger partial charge in [0.05, 0.1) is 10.6 Å². The van der Waals surface area contributed by atoms with Crippen molar-refractivity contribution in [3.63, 3.8) is 0 Å². The van der Waals surface area contributed by atoms with E-state index in [2.05, 4.69) is 5.32 Å². The first kappa shape index (κ1) is 20.4. The molecule has 8 heteroatoms. The van der Waals surface area contributed by atoms with E-state index in [9.17, 15) is 17.6 Å². The Labute approximate surface area is 179 Å². The van der Waals surface area contributed by atoms with E-state index in [1.807, 2.05) is 0 Å². The minimum atomic E-state index is -3.85. The van der Waals surface area contributed by atoms with Gasteiger partial charge in [-0.2, -0.15) is 0 Å². The molecule has 0 saturated carbocycles. The summed E-state index contributed by atoms with van der Waals surface area (Å²) in [7, 11) is -3.85. The number of benzene rings is 3. The van der Waals surface area contributed by atoms with Gasteiger partial charge in [-0.1, -0.05) is 17.7 Å². The van der Waals surface area contributed by atoms with Gasteiger partial charge in [0.25, 0.3) is 15.9 Å². The van der Waals surface area contributed by atoms with Crippen molar-refractivity contribution in [1.82, 2.24) is 0 Å². The molecule has 1 amide bonds. The second-order valence-electron chi connectivity index (χ2n) is 7.12. The number of anilines is 2. The molecule has 0 aromatic heterocycles. The Morgan fingerprint density at radius 1 is 1.10 bits per heavy atom. The largest absolute Gasteiger partial charge is 0.322 e. The summed E-state index contributed by atoms with van der Waals surface area (Å²) >= 11 is 5.95. The van der Waals surface area contributed by atoms with Crippen molar-refractivity contribution >= 4 is 38.9 Å². The zero-order chi connectivity index (χ0) is 21.5. The highest BCUT2D eigenvalue weighted by Gasteiger charge is 2.36. The quantitative estimate of drug-likeness (QED) is 0.624. The van der Waals surface area contributed by atoms with Crippen molar-refractivity contribution in [2.45, 2.75) is 24.3 Å². The SMILES string of the molecule is C[C@H]1Cc2cc(C(=O)Nc3cccc(Cl)c3)ccc2N1S(=O)(=O)c1ccc(F)cc1. The lowest BCUT2D eigenvalue weighted by Crippen LogP contribution is -2.35. The van der Waals surface area contributed by atoms with Gasteiger partial charge < -0.3 is 5.32 Å². The molecule has 3 aromatic carbocycles. The summed E-state index contributed by atoms with van der Waals surface area (Å²) < 4.78 is 40.8. The lowest BCUT2D eigenvalue weighted by Gasteiger charge is -2.24. The fourth-order valence-electron chi connectivity index (χ4n) is 3.60. The Balaban J connectivity index is 1.63. The van der Waals surface area contributed by atoms with E-state index in [-0.39, 0.29) is 16.8 Å². The van der Waals surface area contributed by atoms with E-state index < -0.39 is 15.8 Å². The fourth-order valence-corrected chi connectivity index (χ4v) is 5.48. The van der Waals surface area contributed by atoms with Crippen LogP contribution in [0.3, 0.4) is 0 Å². The van der Waals surface area contributed by atoms with E-state index in [1.165, 1.54) is 16.4 Å². The monoisotopic (exact) mass is 444 g/mol. The fraction of sp³-hybridized carbons (Fsp3) is 0.136. The van der Waals surface area contributed by atoms with Crippen LogP contribution in [0.5, 0.6) is 0 Å². The number of carbonyl (C=O) groups excluding carboxylic acids is 1. The van der Waals surface area contributed by atoms with Gasteiger partial charge >= 0.3 is 0 Å². The number of carbonyl (C=O) groups is 1. The highest BCUT2D eigenvalue weighted by molar-refractivity contribution is 7.92. The third kappa shape index (κ3) is 3.78. The number of fused-ring (bicyclic) bond motifs is 1. The van der Waals surface area contributed by atoms with Gasteiger partial charge in [-0.05, 0) is 79.6 Å². The van der Waals surface area contributed by atoms with Crippen molar-refractivity contribution in [3.05, 3.63) is 88.7 Å². The first-order chi connectivity index (χ1) is 14.3. The topological polar surface area (TPSA) is 66.5 Å². The molecule has 1 aliphatic heterocycles. The van der Waals surface area contributed by atoms with Gasteiger partial charge in [0.2, 0.25) is 0 Å². The lowest BCUT2D eigenvalue weighted by molar-refractivity contribution is 0.102. The second-order valence-corrected chi connectivity index (χ2v) is 9.37. The Morgan fingerprint density at radius 3 is 2.53 bits per heavy atom. The predicted molar refractivity (Wildman–Crippen MR) is 115 cm³/mol. The molecule has 0 bridgehead atoms. The summed E-state index contributed by atoms with van der Waals surface area (Å²) in [5.41, 5.74) is 2.27. The molecule has 30 heavy (non-hydrogen) atoms. The van der Waals surface area contributed by atoms with Crippen molar-refractivity contribution < 1.29 is 17.6 Å². The van der Waals surface area contributed by atoms with Crippen LogP contribution in [-0.4, -0.2) is 20.4 Å². The second kappa shape index (κ2) is 7.74. The van der Waals surface area contributed by atoms with Crippen LogP contribution in [0.15, 0.2) is 71.6 Å². The summed E-state index contributed by atoms with van der Waals surface area (Å²) in [6.07, 6.45) is 0.466. The van der Waals surface area contributed by atoms with Gasteiger partial charge in [0, 0.05) is 22.3 Å². The van der Waals surface area contributed by atoms with Crippen molar-refractivity contribution in [2.75, 3.05) is 9.62 Å². The summed E-state index contributed by atoms with van der Waals surface area (Å²) in [5.74, 6) is -0.813. The molecule has 154 valence electrons. The molecule has 0 saturated heterocycles. The van der Waals surface area contributed by atoms with Crippen LogP contribution in [0.2, 0.25) is 5.02 Å². The normalized spacial score (nSPS) is 15.7. The maximum atomic E-state index is 13.2. The molecule has 0 aliphatic carbocycles. The number of amides is 1. The third-order valence-electron chi connectivity index (χ3n) is 4.95. The molecular weight excluding hydrogens is 427 g/mol. The minimum Gasteiger partial charge on any atom is -0.322 e. The van der Waals surface area contributed by atoms with Crippen LogP contribution >= 0.6 is 11.6 Å². The predicted octanol–water partition coefficient (Wildman–Crippen LogP) is 4.87. The number of sulfonamides is 1. The van der Waals surface area contributed by atoms with Crippen LogP contribution in [-0.2, 0) is 16.4 Å². The first-order valence-electron chi connectivity index (χ1n) is 9.25. The maximum Gasteiger partial charge on any atom is 0.264 e. The molecule has 0 spiro atoms. The lowest BCUT2D eigenvalue weighted by atomic mass is 10.1. The van der Waals surface area contributed by atoms with E-state index in [4.69, 9.17) is 11.6 Å². The molecule has 1 aliphatic rings. The van der Waals surface area contributed by atoms with Crippen LogP contribution in [0, 0.1) is 5.82 Å². The summed E-state index contributed by atoms with van der Waals surface area (Å²) in [5, 5.41) is 3.29. The Morgan fingerprint density at radius 2 is 1.83 bits per heavy atom. The molecule has 4 rings (SSSR count). The van der Waals surface area contributed by atoms with Crippen molar-refractivity contribution in [2.24, 2.45) is 0 Å². The molecule has 0 radical (unpaired) electrons. The Hall–Kier alpha value is -2.90. The third-order valence-corrected chi connectivity index (χ3v) is 7.13. The molecule has 1 heterocycles. The molecule has 0 fully saturated rings. The number of nitrogens with zero attached hydrogens (tertiary/aromatic N) is 1. The van der Waals surface area contributed by atoms with Crippen LogP contribution in [0.25, 0.3) is 0 Å². The highest BCUT2D eigenvalue weighted by atomic mass is 35.5. The van der Waals surface area contributed by atoms with E-state index in [0.717, 1.165) is 17.7 Å². The number of halogens is 2. The van der Waals surface area contributed by atoms with Gasteiger partial charge in [-0.3, -0.25) is 9.10 Å². The van der Waals surface area contributed by atoms with Gasteiger partial charge in [0.1, 0.15) is 5.82 Å². The number of nitrogens with one attached hydrogen (secondary N) is 1. The van der Waals surface area contributed by atoms with Gasteiger partial charge in [-0.25, -0.2) is 12.8 Å². The van der Waals surface area contributed by atoms with Crippen LogP contribution in [0.1, 0.15) is 22.8 Å². The molecule has 0 unspecified atom stereocenters. The van der Waals surface area contributed by atoms with E-state index >= 15 is 0 Å². The smallest absolute Gasteiger partial charge is 0.264 e. The number of hydrogen-bond acceptors (Lipinski definition) is 3. The number of rotatable bonds is 4. The average molecular weight is 445 g/mol. The van der Waals surface area contributed by atoms with E-state index in [1.54, 1.807) is 49.4 Å². The Kier molecular flexibility index (Phi) is 5.26. The van der Waals surface area contributed by atoms with Crippen molar-refractivity contribution in [1.29, 1.82) is 0 Å². The summed E-state index contributed by atoms with van der Waals surface area (Å²) in [6.45, 7) is 1.80. The van der Waals surface area contributed by atoms with Crippen LogP contribution in [0.4, 0.5) is 15.8 Å². The first-order valence-corrected chi connectivity index (χ1v) is 11.1. The number of hydrogen-bond donors (Lipinski definition) is 1. The van der Waals surface area contributed by atoms with E-state index in [0.29, 0.717) is 28.4 Å². The average Bonchev–Trinajstić information content (AvgIpc) is 3.03. The molecule has 1 atom stereocenters. The van der Waals surface area contributed by atoms with Gasteiger partial charge in [-0.15, -0.1) is 0 Å². The summed E-state index contributed by atoms with van der Waals surface area (Å²) in [4.78, 5) is 12.6. The van der Waals surface area contributed by atoms with Gasteiger partial charge in [0.15, 0.2) is 0 Å². The molecular formula is C22H18ClFN2O3S. The molecule has 1 N–H and O–H groups in total. The maximum absolute atomic E-state index is 13.2.